The highest BCUT2D eigenvalue weighted by Crippen LogP contribution is 2.11. The number of ether oxygens (including phenoxy) is 1. The van der Waals surface area contributed by atoms with Gasteiger partial charge in [-0.15, -0.1) is 0 Å². The van der Waals surface area contributed by atoms with E-state index in [1.807, 2.05) is 0 Å². The van der Waals surface area contributed by atoms with Gasteiger partial charge in [0.05, 0.1) is 8.46 Å². The van der Waals surface area contributed by atoms with Gasteiger partial charge in [-0.3, -0.25) is 4.79 Å². The summed E-state index contributed by atoms with van der Waals surface area (Å²) in [6, 6.07) is 0. The summed E-state index contributed by atoms with van der Waals surface area (Å²) in [5.74, 6) is -0.223. The van der Waals surface area contributed by atoms with Crippen LogP contribution < -0.4 is 0 Å². The summed E-state index contributed by atoms with van der Waals surface area (Å²) >= 11 is 0. The van der Waals surface area contributed by atoms with Crippen LogP contribution in [0, 0.1) is 0 Å². The lowest BCUT2D eigenvalue weighted by molar-refractivity contribution is -0.140. The fourth-order valence-electron chi connectivity index (χ4n) is 1.83. The molecule has 0 aliphatic carbocycles. The van der Waals surface area contributed by atoms with E-state index in [-0.39, 0.29) is 13.1 Å². The Balaban J connectivity index is 3.01. The topological polar surface area (TPSA) is 26.3 Å². The standard InChI is InChI=1S/C14H28O2/c1-3-4-5-6-7-8-9-10-11-12-13-14(15)16-2/h3-13H2,1-2H3/i2D. The van der Waals surface area contributed by atoms with Gasteiger partial charge in [0.2, 0.25) is 0 Å². The molecule has 0 N–H and O–H groups in total. The molecule has 0 aromatic carbocycles. The molecule has 2 heteroatoms. The van der Waals surface area contributed by atoms with Gasteiger partial charge >= 0.3 is 5.97 Å². The van der Waals surface area contributed by atoms with E-state index in [1.165, 1.54) is 51.4 Å². The highest BCUT2D eigenvalue weighted by atomic mass is 16.5. The van der Waals surface area contributed by atoms with Crippen LogP contribution in [0.3, 0.4) is 0 Å². The van der Waals surface area contributed by atoms with E-state index >= 15 is 0 Å². The molecule has 16 heavy (non-hydrogen) atoms. The zero-order valence-electron chi connectivity index (χ0n) is 11.8. The Kier molecular flexibility index (Phi) is 10.6. The molecule has 0 radical (unpaired) electrons. The minimum Gasteiger partial charge on any atom is -0.469 e. The molecule has 0 bridgehead atoms. The molecule has 0 rings (SSSR count). The third kappa shape index (κ3) is 11.5. The number of esters is 1. The number of hydrogen-bond acceptors (Lipinski definition) is 2. The molecule has 2 nitrogen and oxygen atoms in total. The van der Waals surface area contributed by atoms with Gasteiger partial charge in [0.1, 0.15) is 0 Å². The Labute approximate surface area is 102 Å². The lowest BCUT2D eigenvalue weighted by Crippen LogP contribution is -1.99. The molecule has 0 unspecified atom stereocenters. The summed E-state index contributed by atoms with van der Waals surface area (Å²) in [6.07, 6.45) is 13.2. The van der Waals surface area contributed by atoms with Crippen molar-refractivity contribution in [2.75, 3.05) is 7.09 Å². The zero-order chi connectivity index (χ0) is 12.8. The highest BCUT2D eigenvalue weighted by molar-refractivity contribution is 5.68. The first-order chi connectivity index (χ1) is 8.31. The fraction of sp³-hybridized carbons (Fsp3) is 0.929. The van der Waals surface area contributed by atoms with Crippen LogP contribution >= 0.6 is 0 Å². The summed E-state index contributed by atoms with van der Waals surface area (Å²) in [7, 11) is -0.239. The smallest absolute Gasteiger partial charge is 0.305 e. The van der Waals surface area contributed by atoms with Crippen molar-refractivity contribution in [2.24, 2.45) is 0 Å². The molecular weight excluding hydrogens is 200 g/mol. The zero-order valence-corrected chi connectivity index (χ0v) is 10.8. The molecule has 0 saturated heterocycles. The second kappa shape index (κ2) is 12.5. The third-order valence-corrected chi connectivity index (χ3v) is 2.90. The van der Waals surface area contributed by atoms with Gasteiger partial charge in [-0.25, -0.2) is 0 Å². The van der Waals surface area contributed by atoms with Gasteiger partial charge in [0.25, 0.3) is 0 Å². The first-order valence-electron chi connectivity index (χ1n) is 7.46. The first kappa shape index (κ1) is 13.5. The quantitative estimate of drug-likeness (QED) is 0.386. The minimum absolute atomic E-state index is 0.223. The molecule has 96 valence electrons. The van der Waals surface area contributed by atoms with Crippen molar-refractivity contribution in [1.82, 2.24) is 0 Å². The third-order valence-electron chi connectivity index (χ3n) is 2.90. The average Bonchev–Trinajstić information content (AvgIpc) is 2.32. The molecule has 0 heterocycles. The van der Waals surface area contributed by atoms with E-state index in [1.54, 1.807) is 0 Å². The van der Waals surface area contributed by atoms with Crippen LogP contribution in [0.5, 0.6) is 0 Å². The summed E-state index contributed by atoms with van der Waals surface area (Å²) < 4.78 is 11.3. The summed E-state index contributed by atoms with van der Waals surface area (Å²) in [5, 5.41) is 0. The van der Waals surface area contributed by atoms with Crippen molar-refractivity contribution in [3.05, 3.63) is 0 Å². The number of rotatable bonds is 11. The average molecular weight is 229 g/mol. The Morgan fingerprint density at radius 1 is 0.938 bits per heavy atom. The minimum atomic E-state index is -0.239. The predicted octanol–water partition coefficient (Wildman–Crippen LogP) is 4.47. The van der Waals surface area contributed by atoms with E-state index in [0.29, 0.717) is 6.42 Å². The number of methoxy groups -OCH3 is 1. The van der Waals surface area contributed by atoms with Gasteiger partial charge in [0.15, 0.2) is 0 Å². The SMILES string of the molecule is [2H]COC(=O)CCCCCCCCCCCC. The second-order valence-electron chi connectivity index (χ2n) is 4.45. The van der Waals surface area contributed by atoms with Crippen molar-refractivity contribution in [3.63, 3.8) is 0 Å². The second-order valence-corrected chi connectivity index (χ2v) is 4.45. The normalized spacial score (nSPS) is 11.2. The monoisotopic (exact) mass is 229 g/mol. The molecule has 0 aromatic heterocycles. The molecule has 0 aliphatic rings. The Morgan fingerprint density at radius 3 is 1.94 bits per heavy atom. The molecule has 0 aliphatic heterocycles. The number of carbonyl (C=O) groups excluding carboxylic acids is 1. The van der Waals surface area contributed by atoms with Gasteiger partial charge in [-0.1, -0.05) is 64.7 Å². The number of carbonyl (C=O) groups is 1. The predicted molar refractivity (Wildman–Crippen MR) is 68.5 cm³/mol. The van der Waals surface area contributed by atoms with Gasteiger partial charge in [0, 0.05) is 6.42 Å². The summed E-state index contributed by atoms with van der Waals surface area (Å²) in [4.78, 5) is 10.9. The van der Waals surface area contributed by atoms with Crippen molar-refractivity contribution in [1.29, 1.82) is 0 Å². The van der Waals surface area contributed by atoms with Crippen molar-refractivity contribution < 1.29 is 10.9 Å². The van der Waals surface area contributed by atoms with Crippen molar-refractivity contribution in [3.8, 4) is 0 Å². The molecule has 0 saturated carbocycles. The fourth-order valence-corrected chi connectivity index (χ4v) is 1.83. The van der Waals surface area contributed by atoms with Gasteiger partial charge in [-0.05, 0) is 6.42 Å². The maximum absolute atomic E-state index is 10.9. The molecule has 0 aromatic rings. The van der Waals surface area contributed by atoms with Crippen molar-refractivity contribution in [2.45, 2.75) is 77.6 Å². The number of hydrogen-bond donors (Lipinski definition) is 0. The molecule has 0 fully saturated rings. The van der Waals surface area contributed by atoms with E-state index in [2.05, 4.69) is 11.7 Å². The maximum Gasteiger partial charge on any atom is 0.305 e. The van der Waals surface area contributed by atoms with Crippen LogP contribution in [0.1, 0.15) is 78.9 Å². The Morgan fingerprint density at radius 2 is 1.44 bits per heavy atom. The largest absolute Gasteiger partial charge is 0.469 e. The lowest BCUT2D eigenvalue weighted by Gasteiger charge is -2.01. The van der Waals surface area contributed by atoms with Crippen LogP contribution in [0.4, 0.5) is 0 Å². The first-order valence-corrected chi connectivity index (χ1v) is 6.76. The Hall–Kier alpha value is -0.530. The lowest BCUT2D eigenvalue weighted by atomic mass is 10.1. The van der Waals surface area contributed by atoms with Gasteiger partial charge < -0.3 is 4.74 Å². The van der Waals surface area contributed by atoms with Gasteiger partial charge in [-0.2, -0.15) is 0 Å². The number of unbranched alkanes of at least 4 members (excludes halogenated alkanes) is 9. The van der Waals surface area contributed by atoms with E-state index in [4.69, 9.17) is 1.37 Å². The van der Waals surface area contributed by atoms with E-state index in [9.17, 15) is 4.79 Å². The highest BCUT2D eigenvalue weighted by Gasteiger charge is 1.98. The Bertz CT molecular complexity index is 172. The van der Waals surface area contributed by atoms with E-state index in [0.717, 1.165) is 12.8 Å². The van der Waals surface area contributed by atoms with Crippen LogP contribution in [-0.2, 0) is 9.53 Å². The van der Waals surface area contributed by atoms with E-state index < -0.39 is 0 Å². The summed E-state index contributed by atoms with van der Waals surface area (Å²) in [6.45, 7) is 2.24. The van der Waals surface area contributed by atoms with Crippen molar-refractivity contribution >= 4 is 5.97 Å². The van der Waals surface area contributed by atoms with Crippen LogP contribution in [0.15, 0.2) is 0 Å². The molecule has 0 atom stereocenters. The van der Waals surface area contributed by atoms with Crippen LogP contribution in [-0.4, -0.2) is 13.1 Å². The molecule has 0 spiro atoms. The maximum atomic E-state index is 10.9. The summed E-state index contributed by atoms with van der Waals surface area (Å²) in [5.41, 5.74) is 0. The van der Waals surface area contributed by atoms with Crippen LogP contribution in [0.25, 0.3) is 0 Å². The molecule has 0 amide bonds. The van der Waals surface area contributed by atoms with Crippen LogP contribution in [0.2, 0.25) is 0 Å². The molecular formula is C14H28O2.